The van der Waals surface area contributed by atoms with Crippen LogP contribution in [0.4, 0.5) is 0 Å². The van der Waals surface area contributed by atoms with E-state index in [-0.39, 0.29) is 0 Å². The van der Waals surface area contributed by atoms with E-state index in [0.717, 1.165) is 25.3 Å². The van der Waals surface area contributed by atoms with Crippen molar-refractivity contribution in [2.45, 2.75) is 38.0 Å². The summed E-state index contributed by atoms with van der Waals surface area (Å²) in [5, 5.41) is 9.82. The maximum atomic E-state index is 9.82. The Morgan fingerprint density at radius 2 is 2.18 bits per heavy atom. The third-order valence-electron chi connectivity index (χ3n) is 3.96. The Labute approximate surface area is 102 Å². The van der Waals surface area contributed by atoms with E-state index in [9.17, 15) is 5.11 Å². The minimum atomic E-state index is 0.411. The molecule has 1 aliphatic heterocycles. The van der Waals surface area contributed by atoms with Crippen molar-refractivity contribution in [1.82, 2.24) is 4.90 Å². The van der Waals surface area contributed by atoms with Crippen molar-refractivity contribution in [1.29, 1.82) is 0 Å². The monoisotopic (exact) mass is 233 g/mol. The summed E-state index contributed by atoms with van der Waals surface area (Å²) >= 11 is 0. The number of benzene rings is 1. The van der Waals surface area contributed by atoms with Crippen LogP contribution in [-0.4, -0.2) is 35.3 Å². The Bertz CT molecular complexity index is 394. The van der Waals surface area contributed by atoms with Gasteiger partial charge in [-0.25, -0.2) is 0 Å². The zero-order valence-electron chi connectivity index (χ0n) is 10.0. The number of rotatable bonds is 2. The number of nitrogens with zero attached hydrogens (tertiary/aromatic N) is 1. The summed E-state index contributed by atoms with van der Waals surface area (Å²) in [6, 6.07) is 8.19. The molecule has 0 amide bonds. The van der Waals surface area contributed by atoms with Crippen LogP contribution in [0.3, 0.4) is 0 Å². The molecule has 2 atom stereocenters. The fourth-order valence-corrected chi connectivity index (χ4v) is 3.07. The van der Waals surface area contributed by atoms with E-state index in [2.05, 4.69) is 4.90 Å². The quantitative estimate of drug-likeness (QED) is 0.849. The van der Waals surface area contributed by atoms with Gasteiger partial charge in [-0.1, -0.05) is 18.2 Å². The summed E-state index contributed by atoms with van der Waals surface area (Å²) in [6.07, 6.45) is 4.13. The van der Waals surface area contributed by atoms with E-state index in [4.69, 9.17) is 4.74 Å². The summed E-state index contributed by atoms with van der Waals surface area (Å²) in [5.41, 5.74) is 1.03. The van der Waals surface area contributed by atoms with Gasteiger partial charge in [0.25, 0.3) is 0 Å². The van der Waals surface area contributed by atoms with Crippen LogP contribution in [-0.2, 0) is 11.3 Å². The smallest absolute Gasteiger partial charge is 0.120 e. The largest absolute Gasteiger partial charge is 0.508 e. The number of aromatic hydroxyl groups is 1. The van der Waals surface area contributed by atoms with Crippen molar-refractivity contribution in [2.75, 3.05) is 13.2 Å². The van der Waals surface area contributed by atoms with Gasteiger partial charge >= 0.3 is 0 Å². The highest BCUT2D eigenvalue weighted by Crippen LogP contribution is 2.31. The summed E-state index contributed by atoms with van der Waals surface area (Å²) < 4.78 is 5.80. The molecule has 3 nitrogen and oxygen atoms in total. The van der Waals surface area contributed by atoms with Crippen LogP contribution in [0, 0.1) is 0 Å². The molecule has 1 N–H and O–H groups in total. The highest BCUT2D eigenvalue weighted by molar-refractivity contribution is 5.31. The number of ether oxygens (including phenoxy) is 1. The molecule has 0 spiro atoms. The molecule has 1 saturated heterocycles. The lowest BCUT2D eigenvalue weighted by Crippen LogP contribution is -2.47. The fraction of sp³-hybridized carbons (Fsp3) is 0.571. The maximum absolute atomic E-state index is 9.82. The van der Waals surface area contributed by atoms with Gasteiger partial charge in [0.05, 0.1) is 12.7 Å². The first-order valence-corrected chi connectivity index (χ1v) is 6.47. The standard InChI is InChI=1S/C14H19NO2/c16-13-6-2-1-4-11(13)10-15-8-9-17-14-7-3-5-12(14)15/h1-2,4,6,12,14,16H,3,5,7-10H2. The van der Waals surface area contributed by atoms with Crippen LogP contribution in [0.15, 0.2) is 24.3 Å². The van der Waals surface area contributed by atoms with Crippen LogP contribution in [0.25, 0.3) is 0 Å². The van der Waals surface area contributed by atoms with Crippen LogP contribution >= 0.6 is 0 Å². The van der Waals surface area contributed by atoms with E-state index < -0.39 is 0 Å². The first kappa shape index (κ1) is 11.1. The average molecular weight is 233 g/mol. The predicted molar refractivity (Wildman–Crippen MR) is 65.9 cm³/mol. The zero-order chi connectivity index (χ0) is 11.7. The van der Waals surface area contributed by atoms with Crippen molar-refractivity contribution < 1.29 is 9.84 Å². The fourth-order valence-electron chi connectivity index (χ4n) is 3.07. The number of para-hydroxylation sites is 1. The summed E-state index contributed by atoms with van der Waals surface area (Å²) in [4.78, 5) is 2.47. The third kappa shape index (κ3) is 2.17. The van der Waals surface area contributed by atoms with E-state index in [1.807, 2.05) is 18.2 Å². The minimum Gasteiger partial charge on any atom is -0.508 e. The number of hydrogen-bond donors (Lipinski definition) is 1. The molecule has 0 radical (unpaired) electrons. The van der Waals surface area contributed by atoms with Gasteiger partial charge in [0, 0.05) is 24.7 Å². The molecule has 92 valence electrons. The van der Waals surface area contributed by atoms with Gasteiger partial charge in [0.15, 0.2) is 0 Å². The third-order valence-corrected chi connectivity index (χ3v) is 3.96. The Hall–Kier alpha value is -1.06. The minimum absolute atomic E-state index is 0.411. The second-order valence-electron chi connectivity index (χ2n) is 5.01. The van der Waals surface area contributed by atoms with E-state index in [0.29, 0.717) is 17.9 Å². The van der Waals surface area contributed by atoms with Crippen molar-refractivity contribution in [2.24, 2.45) is 0 Å². The molecule has 17 heavy (non-hydrogen) atoms. The van der Waals surface area contributed by atoms with Crippen LogP contribution in [0.1, 0.15) is 24.8 Å². The molecule has 2 unspecified atom stereocenters. The molecular weight excluding hydrogens is 214 g/mol. The average Bonchev–Trinajstić information content (AvgIpc) is 2.81. The van der Waals surface area contributed by atoms with Gasteiger partial charge in [0.1, 0.15) is 5.75 Å². The van der Waals surface area contributed by atoms with Crippen molar-refractivity contribution in [3.8, 4) is 5.75 Å². The lowest BCUT2D eigenvalue weighted by Gasteiger charge is -2.37. The van der Waals surface area contributed by atoms with Gasteiger partial charge in [-0.15, -0.1) is 0 Å². The summed E-state index contributed by atoms with van der Waals surface area (Å²) in [6.45, 7) is 2.65. The molecule has 2 aliphatic rings. The zero-order valence-corrected chi connectivity index (χ0v) is 10.0. The second kappa shape index (κ2) is 4.67. The highest BCUT2D eigenvalue weighted by atomic mass is 16.5. The van der Waals surface area contributed by atoms with Gasteiger partial charge in [-0.2, -0.15) is 0 Å². The van der Waals surface area contributed by atoms with E-state index in [1.165, 1.54) is 19.3 Å². The molecule has 0 aromatic heterocycles. The highest BCUT2D eigenvalue weighted by Gasteiger charge is 2.35. The normalized spacial score (nSPS) is 29.2. The lowest BCUT2D eigenvalue weighted by molar-refractivity contribution is -0.0589. The Morgan fingerprint density at radius 1 is 1.29 bits per heavy atom. The van der Waals surface area contributed by atoms with Gasteiger partial charge in [0.2, 0.25) is 0 Å². The van der Waals surface area contributed by atoms with Gasteiger partial charge in [-0.05, 0) is 25.3 Å². The molecular formula is C14H19NO2. The van der Waals surface area contributed by atoms with Crippen molar-refractivity contribution >= 4 is 0 Å². The number of morpholine rings is 1. The molecule has 2 fully saturated rings. The Kier molecular flexibility index (Phi) is 3.04. The lowest BCUT2D eigenvalue weighted by atomic mass is 10.1. The van der Waals surface area contributed by atoms with Gasteiger partial charge in [-0.3, -0.25) is 4.90 Å². The second-order valence-corrected chi connectivity index (χ2v) is 5.01. The molecule has 3 heteroatoms. The van der Waals surface area contributed by atoms with E-state index >= 15 is 0 Å². The number of fused-ring (bicyclic) bond motifs is 1. The Morgan fingerprint density at radius 3 is 3.06 bits per heavy atom. The molecule has 3 rings (SSSR count). The first-order valence-electron chi connectivity index (χ1n) is 6.47. The van der Waals surface area contributed by atoms with Crippen LogP contribution in [0.2, 0.25) is 0 Å². The van der Waals surface area contributed by atoms with E-state index in [1.54, 1.807) is 6.07 Å². The summed E-state index contributed by atoms with van der Waals surface area (Å²) in [7, 11) is 0. The molecule has 1 aliphatic carbocycles. The van der Waals surface area contributed by atoms with Crippen LogP contribution < -0.4 is 0 Å². The predicted octanol–water partition coefficient (Wildman–Crippen LogP) is 2.15. The van der Waals surface area contributed by atoms with Crippen molar-refractivity contribution in [3.63, 3.8) is 0 Å². The SMILES string of the molecule is Oc1ccccc1CN1CCOC2CCCC21. The molecule has 1 aromatic carbocycles. The molecule has 1 heterocycles. The molecule has 0 bridgehead atoms. The van der Waals surface area contributed by atoms with Gasteiger partial charge < -0.3 is 9.84 Å². The number of phenolic OH excluding ortho intramolecular Hbond substituents is 1. The van der Waals surface area contributed by atoms with Crippen LogP contribution in [0.5, 0.6) is 5.75 Å². The summed E-state index contributed by atoms with van der Waals surface area (Å²) in [5.74, 6) is 0.411. The number of phenols is 1. The topological polar surface area (TPSA) is 32.7 Å². The Balaban J connectivity index is 1.74. The molecule has 1 aromatic rings. The van der Waals surface area contributed by atoms with Crippen molar-refractivity contribution in [3.05, 3.63) is 29.8 Å². The molecule has 1 saturated carbocycles. The maximum Gasteiger partial charge on any atom is 0.120 e. The first-order chi connectivity index (χ1) is 8.34. The number of hydrogen-bond acceptors (Lipinski definition) is 3.